The minimum absolute atomic E-state index is 0.0766. The van der Waals surface area contributed by atoms with Crippen LogP contribution in [-0.4, -0.2) is 24.7 Å². The molecule has 4 rings (SSSR count). The summed E-state index contributed by atoms with van der Waals surface area (Å²) < 4.78 is 16.2. The molecule has 1 aliphatic carbocycles. The Bertz CT molecular complexity index is 1010. The molecule has 1 aromatic carbocycles. The number of benzene rings is 1. The van der Waals surface area contributed by atoms with E-state index in [1.807, 2.05) is 0 Å². The molecule has 0 aliphatic heterocycles. The lowest BCUT2D eigenvalue weighted by atomic mass is 10.0. The van der Waals surface area contributed by atoms with Gasteiger partial charge in [-0.2, -0.15) is 10.2 Å². The smallest absolute Gasteiger partial charge is 0.295 e. The molecule has 1 saturated carbocycles. The average Bonchev–Trinajstić information content (AvgIpc) is 3.32. The lowest BCUT2D eigenvalue weighted by Gasteiger charge is -2.12. The molecule has 1 fully saturated rings. The lowest BCUT2D eigenvalue weighted by molar-refractivity contribution is 0.211. The van der Waals surface area contributed by atoms with Crippen LogP contribution in [0.2, 0.25) is 5.02 Å². The van der Waals surface area contributed by atoms with Crippen molar-refractivity contribution in [1.82, 2.24) is 19.6 Å². The topological polar surface area (TPSA) is 72.9 Å². The minimum atomic E-state index is -1.10. The van der Waals surface area contributed by atoms with Crippen molar-refractivity contribution < 1.29 is 9.50 Å². The van der Waals surface area contributed by atoms with E-state index in [0.717, 1.165) is 12.8 Å². The summed E-state index contributed by atoms with van der Waals surface area (Å²) in [6.45, 7) is 0. The fourth-order valence-corrected chi connectivity index (χ4v) is 3.05. The minimum Gasteiger partial charge on any atom is -0.382 e. The van der Waals surface area contributed by atoms with Gasteiger partial charge in [0.2, 0.25) is 0 Å². The van der Waals surface area contributed by atoms with Crippen LogP contribution in [-0.2, 0) is 7.05 Å². The van der Waals surface area contributed by atoms with Crippen molar-refractivity contribution in [3.05, 3.63) is 56.8 Å². The van der Waals surface area contributed by atoms with E-state index in [1.54, 1.807) is 13.2 Å². The molecule has 8 heteroatoms. The fraction of sp³-hybridized carbons (Fsp3) is 0.312. The maximum atomic E-state index is 13.3. The van der Waals surface area contributed by atoms with Crippen molar-refractivity contribution in [2.24, 2.45) is 7.05 Å². The maximum Gasteiger partial charge on any atom is 0.295 e. The molecular weight excluding hydrogens is 335 g/mol. The third-order valence-corrected chi connectivity index (χ3v) is 4.55. The standard InChI is InChI=1S/C16H14ClFN4O2/c1-21-14(15(23)8-2-5-12(18)11(17)6-8)10-7-19-22(9-3-4-9)16(24)13(10)20-21/h2,5-7,9,15,23H,3-4H2,1H3. The highest BCUT2D eigenvalue weighted by atomic mass is 35.5. The van der Waals surface area contributed by atoms with Crippen LogP contribution in [0, 0.1) is 5.82 Å². The Kier molecular flexibility index (Phi) is 3.43. The van der Waals surface area contributed by atoms with E-state index < -0.39 is 11.9 Å². The average molecular weight is 349 g/mol. The van der Waals surface area contributed by atoms with Gasteiger partial charge in [-0.25, -0.2) is 9.07 Å². The van der Waals surface area contributed by atoms with Crippen LogP contribution in [0.1, 0.15) is 36.2 Å². The van der Waals surface area contributed by atoms with Gasteiger partial charge in [-0.05, 0) is 30.5 Å². The molecule has 2 aromatic heterocycles. The van der Waals surface area contributed by atoms with Crippen LogP contribution < -0.4 is 5.56 Å². The molecule has 0 saturated heterocycles. The second kappa shape index (κ2) is 5.39. The van der Waals surface area contributed by atoms with Gasteiger partial charge in [0.25, 0.3) is 5.56 Å². The van der Waals surface area contributed by atoms with Gasteiger partial charge in [0.05, 0.1) is 28.3 Å². The Morgan fingerprint density at radius 2 is 2.17 bits per heavy atom. The van der Waals surface area contributed by atoms with Gasteiger partial charge in [-0.15, -0.1) is 0 Å². The fourth-order valence-electron chi connectivity index (χ4n) is 2.86. The zero-order valence-corrected chi connectivity index (χ0v) is 13.5. The van der Waals surface area contributed by atoms with Gasteiger partial charge < -0.3 is 5.11 Å². The number of halogens is 2. The highest BCUT2D eigenvalue weighted by molar-refractivity contribution is 6.30. The molecule has 0 radical (unpaired) electrons. The maximum absolute atomic E-state index is 13.3. The summed E-state index contributed by atoms with van der Waals surface area (Å²) in [5.41, 5.74) is 0.834. The van der Waals surface area contributed by atoms with Crippen LogP contribution in [0.3, 0.4) is 0 Å². The second-order valence-electron chi connectivity index (χ2n) is 5.97. The quantitative estimate of drug-likeness (QED) is 0.788. The van der Waals surface area contributed by atoms with Crippen LogP contribution in [0.25, 0.3) is 10.9 Å². The largest absolute Gasteiger partial charge is 0.382 e. The Balaban J connectivity index is 1.86. The molecule has 0 amide bonds. The lowest BCUT2D eigenvalue weighted by Crippen LogP contribution is -2.21. The molecule has 2 heterocycles. The molecule has 24 heavy (non-hydrogen) atoms. The molecular formula is C16H14ClFN4O2. The molecule has 0 spiro atoms. The number of aromatic nitrogens is 4. The monoisotopic (exact) mass is 348 g/mol. The van der Waals surface area contributed by atoms with Crippen molar-refractivity contribution in [3.63, 3.8) is 0 Å². The zero-order chi connectivity index (χ0) is 17.0. The summed E-state index contributed by atoms with van der Waals surface area (Å²) in [6.07, 6.45) is 2.33. The Morgan fingerprint density at radius 1 is 1.42 bits per heavy atom. The number of aliphatic hydroxyl groups is 1. The number of hydrogen-bond acceptors (Lipinski definition) is 4. The summed E-state index contributed by atoms with van der Waals surface area (Å²) in [6, 6.07) is 4.15. The number of aryl methyl sites for hydroxylation is 1. The SMILES string of the molecule is Cn1nc2c(=O)n(C3CC3)ncc2c1C(O)c1ccc(F)c(Cl)c1. The molecule has 1 unspecified atom stereocenters. The van der Waals surface area contributed by atoms with Crippen LogP contribution in [0.15, 0.2) is 29.2 Å². The van der Waals surface area contributed by atoms with Gasteiger partial charge >= 0.3 is 0 Å². The third-order valence-electron chi connectivity index (χ3n) is 4.26. The van der Waals surface area contributed by atoms with Crippen LogP contribution in [0.5, 0.6) is 0 Å². The van der Waals surface area contributed by atoms with E-state index in [9.17, 15) is 14.3 Å². The molecule has 1 atom stereocenters. The van der Waals surface area contributed by atoms with E-state index in [1.165, 1.54) is 27.6 Å². The summed E-state index contributed by atoms with van der Waals surface area (Å²) >= 11 is 5.79. The summed E-state index contributed by atoms with van der Waals surface area (Å²) in [5.74, 6) is -0.559. The predicted octanol–water partition coefficient (Wildman–Crippen LogP) is 2.34. The van der Waals surface area contributed by atoms with Gasteiger partial charge in [-0.1, -0.05) is 17.7 Å². The first kappa shape index (κ1) is 15.3. The highest BCUT2D eigenvalue weighted by Crippen LogP contribution is 2.34. The van der Waals surface area contributed by atoms with E-state index in [4.69, 9.17) is 11.6 Å². The van der Waals surface area contributed by atoms with Gasteiger partial charge in [-0.3, -0.25) is 9.48 Å². The third kappa shape index (κ3) is 2.32. The van der Waals surface area contributed by atoms with E-state index in [2.05, 4.69) is 10.2 Å². The van der Waals surface area contributed by atoms with Crippen molar-refractivity contribution in [2.45, 2.75) is 25.0 Å². The first-order chi connectivity index (χ1) is 11.5. The van der Waals surface area contributed by atoms with E-state index in [0.29, 0.717) is 16.6 Å². The van der Waals surface area contributed by atoms with E-state index >= 15 is 0 Å². The Labute approximate surface area is 141 Å². The molecule has 1 N–H and O–H groups in total. The Hall–Kier alpha value is -2.25. The zero-order valence-electron chi connectivity index (χ0n) is 12.8. The number of fused-ring (bicyclic) bond motifs is 1. The second-order valence-corrected chi connectivity index (χ2v) is 6.38. The van der Waals surface area contributed by atoms with Crippen molar-refractivity contribution >= 4 is 22.5 Å². The number of aliphatic hydroxyl groups excluding tert-OH is 1. The summed E-state index contributed by atoms with van der Waals surface area (Å²) in [5, 5.41) is 19.5. The van der Waals surface area contributed by atoms with Gasteiger partial charge in [0.1, 0.15) is 11.9 Å². The van der Waals surface area contributed by atoms with Gasteiger partial charge in [0.15, 0.2) is 5.52 Å². The number of rotatable bonds is 3. The predicted molar refractivity (Wildman–Crippen MR) is 86.5 cm³/mol. The molecule has 6 nitrogen and oxygen atoms in total. The van der Waals surface area contributed by atoms with Crippen molar-refractivity contribution in [1.29, 1.82) is 0 Å². The molecule has 0 bridgehead atoms. The summed E-state index contributed by atoms with van der Waals surface area (Å²) in [7, 11) is 1.64. The number of nitrogens with zero attached hydrogens (tertiary/aromatic N) is 4. The number of hydrogen-bond donors (Lipinski definition) is 1. The Morgan fingerprint density at radius 3 is 2.83 bits per heavy atom. The first-order valence-electron chi connectivity index (χ1n) is 7.55. The van der Waals surface area contributed by atoms with Crippen molar-refractivity contribution in [2.75, 3.05) is 0 Å². The molecule has 1 aliphatic rings. The normalized spacial score (nSPS) is 15.8. The van der Waals surface area contributed by atoms with Crippen molar-refractivity contribution in [3.8, 4) is 0 Å². The first-order valence-corrected chi connectivity index (χ1v) is 7.92. The van der Waals surface area contributed by atoms with E-state index in [-0.39, 0.29) is 22.1 Å². The molecule has 124 valence electrons. The molecule has 3 aromatic rings. The van der Waals surface area contributed by atoms with Gasteiger partial charge in [0, 0.05) is 7.05 Å². The van der Waals surface area contributed by atoms with Crippen LogP contribution in [0.4, 0.5) is 4.39 Å². The van der Waals surface area contributed by atoms with Crippen LogP contribution >= 0.6 is 11.6 Å². The highest BCUT2D eigenvalue weighted by Gasteiger charge is 2.28. The summed E-state index contributed by atoms with van der Waals surface area (Å²) in [4.78, 5) is 12.5.